The Labute approximate surface area is 123 Å². The number of nitriles is 1. The van der Waals surface area contributed by atoms with Crippen molar-refractivity contribution in [2.24, 2.45) is 5.41 Å². The SMILES string of the molecule is CCCCOCCOCCOCCC1(C#N)CCCC1. The summed E-state index contributed by atoms with van der Waals surface area (Å²) in [5, 5.41) is 9.23. The molecule has 1 aliphatic carbocycles. The Morgan fingerprint density at radius 2 is 1.45 bits per heavy atom. The molecule has 0 spiro atoms. The van der Waals surface area contributed by atoms with Crippen LogP contribution in [0, 0.1) is 16.7 Å². The number of unbranched alkanes of at least 4 members (excludes halogenated alkanes) is 1. The van der Waals surface area contributed by atoms with Gasteiger partial charge >= 0.3 is 0 Å². The van der Waals surface area contributed by atoms with Crippen molar-refractivity contribution in [3.63, 3.8) is 0 Å². The lowest BCUT2D eigenvalue weighted by Crippen LogP contribution is -2.17. The zero-order valence-electron chi connectivity index (χ0n) is 12.9. The molecule has 0 aromatic carbocycles. The van der Waals surface area contributed by atoms with Gasteiger partial charge in [-0.3, -0.25) is 0 Å². The Morgan fingerprint density at radius 3 is 2.00 bits per heavy atom. The van der Waals surface area contributed by atoms with Crippen LogP contribution in [0.2, 0.25) is 0 Å². The maximum Gasteiger partial charge on any atom is 0.0701 e. The zero-order chi connectivity index (χ0) is 14.5. The van der Waals surface area contributed by atoms with E-state index >= 15 is 0 Å². The summed E-state index contributed by atoms with van der Waals surface area (Å²) in [6.07, 6.45) is 7.60. The van der Waals surface area contributed by atoms with Crippen molar-refractivity contribution in [3.05, 3.63) is 0 Å². The number of hydrogen-bond donors (Lipinski definition) is 0. The Morgan fingerprint density at radius 1 is 0.900 bits per heavy atom. The van der Waals surface area contributed by atoms with Crippen molar-refractivity contribution >= 4 is 0 Å². The second-order valence-electron chi connectivity index (χ2n) is 5.54. The van der Waals surface area contributed by atoms with Gasteiger partial charge in [0.1, 0.15) is 0 Å². The Kier molecular flexibility index (Phi) is 9.65. The summed E-state index contributed by atoms with van der Waals surface area (Å²) in [6.45, 7) is 6.16. The van der Waals surface area contributed by atoms with E-state index in [1.807, 2.05) is 0 Å². The zero-order valence-corrected chi connectivity index (χ0v) is 12.9. The van der Waals surface area contributed by atoms with Gasteiger partial charge in [0.05, 0.1) is 37.9 Å². The third-order valence-corrected chi connectivity index (χ3v) is 3.91. The summed E-state index contributed by atoms with van der Waals surface area (Å²) in [5.74, 6) is 0. The first kappa shape index (κ1) is 17.4. The van der Waals surface area contributed by atoms with E-state index in [9.17, 15) is 5.26 Å². The van der Waals surface area contributed by atoms with Crippen LogP contribution in [0.5, 0.6) is 0 Å². The standard InChI is InChI=1S/C16H29NO3/c1-2-3-9-18-11-13-20-14-12-19-10-8-16(15-17)6-4-5-7-16/h2-14H2,1H3. The first-order chi connectivity index (χ1) is 9.83. The molecule has 4 heteroatoms. The summed E-state index contributed by atoms with van der Waals surface area (Å²) in [6, 6.07) is 2.49. The Balaban J connectivity index is 1.84. The van der Waals surface area contributed by atoms with Crippen LogP contribution in [0.15, 0.2) is 0 Å². The lowest BCUT2D eigenvalue weighted by Gasteiger charge is -2.19. The summed E-state index contributed by atoms with van der Waals surface area (Å²) in [7, 11) is 0. The van der Waals surface area contributed by atoms with Crippen LogP contribution in [0.1, 0.15) is 51.9 Å². The molecule has 0 saturated heterocycles. The molecule has 116 valence electrons. The average Bonchev–Trinajstić information content (AvgIpc) is 2.94. The number of hydrogen-bond acceptors (Lipinski definition) is 4. The first-order valence-corrected chi connectivity index (χ1v) is 7.97. The monoisotopic (exact) mass is 283 g/mol. The maximum absolute atomic E-state index is 9.23. The van der Waals surface area contributed by atoms with E-state index in [4.69, 9.17) is 14.2 Å². The number of nitrogens with zero attached hydrogens (tertiary/aromatic N) is 1. The van der Waals surface area contributed by atoms with Crippen molar-refractivity contribution in [2.45, 2.75) is 51.9 Å². The molecule has 0 aliphatic heterocycles. The third kappa shape index (κ3) is 7.23. The van der Waals surface area contributed by atoms with Gasteiger partial charge in [0.15, 0.2) is 0 Å². The lowest BCUT2D eigenvalue weighted by molar-refractivity contribution is 0.0102. The molecule has 0 heterocycles. The molecule has 0 unspecified atom stereocenters. The fourth-order valence-electron chi connectivity index (χ4n) is 2.53. The third-order valence-electron chi connectivity index (χ3n) is 3.91. The molecule has 0 atom stereocenters. The smallest absolute Gasteiger partial charge is 0.0701 e. The lowest BCUT2D eigenvalue weighted by atomic mass is 9.85. The molecule has 4 nitrogen and oxygen atoms in total. The van der Waals surface area contributed by atoms with Crippen LogP contribution in [0.4, 0.5) is 0 Å². The van der Waals surface area contributed by atoms with Crippen LogP contribution in [-0.4, -0.2) is 39.6 Å². The van der Waals surface area contributed by atoms with Crippen molar-refractivity contribution in [1.82, 2.24) is 0 Å². The van der Waals surface area contributed by atoms with Crippen molar-refractivity contribution < 1.29 is 14.2 Å². The molecule has 0 aromatic rings. The molecule has 1 saturated carbocycles. The largest absolute Gasteiger partial charge is 0.379 e. The second-order valence-corrected chi connectivity index (χ2v) is 5.54. The maximum atomic E-state index is 9.23. The van der Waals surface area contributed by atoms with Gasteiger partial charge in [-0.25, -0.2) is 0 Å². The van der Waals surface area contributed by atoms with Gasteiger partial charge in [-0.05, 0) is 25.7 Å². The van der Waals surface area contributed by atoms with Gasteiger partial charge in [-0.2, -0.15) is 5.26 Å². The van der Waals surface area contributed by atoms with Gasteiger partial charge in [-0.1, -0.05) is 26.2 Å². The van der Waals surface area contributed by atoms with Crippen LogP contribution < -0.4 is 0 Å². The van der Waals surface area contributed by atoms with Gasteiger partial charge in [0.25, 0.3) is 0 Å². The fraction of sp³-hybridized carbons (Fsp3) is 0.938. The van der Waals surface area contributed by atoms with E-state index < -0.39 is 0 Å². The fourth-order valence-corrected chi connectivity index (χ4v) is 2.53. The van der Waals surface area contributed by atoms with Crippen LogP contribution in [0.3, 0.4) is 0 Å². The van der Waals surface area contributed by atoms with E-state index in [2.05, 4.69) is 13.0 Å². The average molecular weight is 283 g/mol. The highest BCUT2D eigenvalue weighted by Gasteiger charge is 2.33. The van der Waals surface area contributed by atoms with E-state index in [0.29, 0.717) is 33.0 Å². The minimum Gasteiger partial charge on any atom is -0.379 e. The molecule has 1 rings (SSSR count). The Hall–Kier alpha value is -0.630. The molecule has 1 aliphatic rings. The number of rotatable bonds is 12. The highest BCUT2D eigenvalue weighted by atomic mass is 16.5. The Bertz CT molecular complexity index is 269. The van der Waals surface area contributed by atoms with E-state index in [0.717, 1.165) is 32.3 Å². The van der Waals surface area contributed by atoms with Crippen molar-refractivity contribution in [1.29, 1.82) is 5.26 Å². The van der Waals surface area contributed by atoms with Gasteiger partial charge < -0.3 is 14.2 Å². The summed E-state index contributed by atoms with van der Waals surface area (Å²) < 4.78 is 16.4. The second kappa shape index (κ2) is 11.1. The molecule has 0 N–H and O–H groups in total. The normalized spacial score (nSPS) is 17.2. The first-order valence-electron chi connectivity index (χ1n) is 7.97. The molecule has 20 heavy (non-hydrogen) atoms. The molecule has 0 radical (unpaired) electrons. The quantitative estimate of drug-likeness (QED) is 0.516. The predicted octanol–water partition coefficient (Wildman–Crippen LogP) is 3.31. The molecular formula is C16H29NO3. The highest BCUT2D eigenvalue weighted by Crippen LogP contribution is 2.40. The van der Waals surface area contributed by atoms with E-state index in [1.165, 1.54) is 19.3 Å². The van der Waals surface area contributed by atoms with Crippen LogP contribution in [0.25, 0.3) is 0 Å². The van der Waals surface area contributed by atoms with Crippen molar-refractivity contribution in [2.75, 3.05) is 39.6 Å². The van der Waals surface area contributed by atoms with Crippen molar-refractivity contribution in [3.8, 4) is 6.07 Å². The molecule has 1 fully saturated rings. The number of ether oxygens (including phenoxy) is 3. The topological polar surface area (TPSA) is 51.5 Å². The van der Waals surface area contributed by atoms with Gasteiger partial charge in [0.2, 0.25) is 0 Å². The summed E-state index contributed by atoms with van der Waals surface area (Å²) in [5.41, 5.74) is -0.103. The molecule has 0 aromatic heterocycles. The van der Waals surface area contributed by atoms with Crippen LogP contribution >= 0.6 is 0 Å². The summed E-state index contributed by atoms with van der Waals surface area (Å²) >= 11 is 0. The summed E-state index contributed by atoms with van der Waals surface area (Å²) in [4.78, 5) is 0. The molecular weight excluding hydrogens is 254 g/mol. The molecule has 0 bridgehead atoms. The molecule has 0 amide bonds. The van der Waals surface area contributed by atoms with Gasteiger partial charge in [-0.15, -0.1) is 0 Å². The predicted molar refractivity (Wildman–Crippen MR) is 78.5 cm³/mol. The minimum atomic E-state index is -0.103. The minimum absolute atomic E-state index is 0.103. The van der Waals surface area contributed by atoms with E-state index in [-0.39, 0.29) is 5.41 Å². The highest BCUT2D eigenvalue weighted by molar-refractivity contribution is 5.01. The van der Waals surface area contributed by atoms with E-state index in [1.54, 1.807) is 0 Å². The van der Waals surface area contributed by atoms with Gasteiger partial charge in [0, 0.05) is 13.2 Å². The van der Waals surface area contributed by atoms with Crippen LogP contribution in [-0.2, 0) is 14.2 Å².